The Morgan fingerprint density at radius 2 is 2.09 bits per heavy atom. The summed E-state index contributed by atoms with van der Waals surface area (Å²) in [5.41, 5.74) is 0.437. The molecule has 0 rings (SSSR count). The van der Waals surface area contributed by atoms with Crippen LogP contribution in [0.2, 0.25) is 0 Å². The Balaban J connectivity index is 4.71. The minimum Gasteiger partial charge on any atom is -0.197 e. The highest BCUT2D eigenvalue weighted by molar-refractivity contribution is 5.26. The van der Waals surface area contributed by atoms with Crippen LogP contribution in [0.25, 0.3) is 0 Å². The Morgan fingerprint density at radius 3 is 2.36 bits per heavy atom. The van der Waals surface area contributed by atoms with Crippen LogP contribution in [0.3, 0.4) is 0 Å². The van der Waals surface area contributed by atoms with Crippen molar-refractivity contribution in [2.45, 2.75) is 13.8 Å². The summed E-state index contributed by atoms with van der Waals surface area (Å²) in [4.78, 5) is 0. The van der Waals surface area contributed by atoms with Crippen LogP contribution in [0.5, 0.6) is 0 Å². The Kier molecular flexibility index (Phi) is 3.33. The summed E-state index contributed by atoms with van der Waals surface area (Å²) in [6.07, 6.45) is 5.19. The summed E-state index contributed by atoms with van der Waals surface area (Å²) < 4.78 is 0. The zero-order valence-electron chi connectivity index (χ0n) is 7.09. The van der Waals surface area contributed by atoms with Gasteiger partial charge in [-0.3, -0.25) is 0 Å². The quantitative estimate of drug-likeness (QED) is 0.445. The first-order valence-corrected chi connectivity index (χ1v) is 3.44. The summed E-state index contributed by atoms with van der Waals surface area (Å²) in [6, 6.07) is 2.15. The van der Waals surface area contributed by atoms with E-state index in [9.17, 15) is 0 Å². The lowest BCUT2D eigenvalue weighted by atomic mass is 9.90. The van der Waals surface area contributed by atoms with Crippen LogP contribution >= 0.6 is 0 Å². The van der Waals surface area contributed by atoms with Gasteiger partial charge in [0.15, 0.2) is 0 Å². The molecule has 0 aromatic heterocycles. The van der Waals surface area contributed by atoms with E-state index >= 15 is 0 Å². The third-order valence-electron chi connectivity index (χ3n) is 1.51. The minimum absolute atomic E-state index is 0.557. The largest absolute Gasteiger partial charge is 0.197 e. The minimum atomic E-state index is -0.557. The average Bonchev–Trinajstić information content (AvgIpc) is 2.04. The van der Waals surface area contributed by atoms with Crippen molar-refractivity contribution < 1.29 is 0 Å². The van der Waals surface area contributed by atoms with Gasteiger partial charge in [0.2, 0.25) is 0 Å². The molecule has 1 heteroatoms. The summed E-state index contributed by atoms with van der Waals surface area (Å²) in [5.74, 6) is 0. The average molecular weight is 147 g/mol. The smallest absolute Gasteiger partial charge is 0.0908 e. The van der Waals surface area contributed by atoms with Crippen LogP contribution in [0.4, 0.5) is 0 Å². The van der Waals surface area contributed by atoms with E-state index in [-0.39, 0.29) is 0 Å². The number of allylic oxidation sites excluding steroid dienone is 4. The third-order valence-corrected chi connectivity index (χ3v) is 1.51. The maximum absolute atomic E-state index is 8.73. The molecule has 0 aliphatic rings. The molecule has 0 bridgehead atoms. The molecule has 0 saturated carbocycles. The molecule has 58 valence electrons. The molecule has 0 aliphatic heterocycles. The molecule has 0 aromatic rings. The zero-order valence-corrected chi connectivity index (χ0v) is 7.09. The van der Waals surface area contributed by atoms with E-state index in [1.807, 2.05) is 19.9 Å². The highest BCUT2D eigenvalue weighted by atomic mass is 14.3. The maximum Gasteiger partial charge on any atom is 0.0908 e. The molecule has 1 atom stereocenters. The van der Waals surface area contributed by atoms with Crippen LogP contribution in [0, 0.1) is 16.7 Å². The van der Waals surface area contributed by atoms with Crippen molar-refractivity contribution in [3.63, 3.8) is 0 Å². The lowest BCUT2D eigenvalue weighted by Crippen LogP contribution is -2.05. The van der Waals surface area contributed by atoms with Crippen LogP contribution in [-0.4, -0.2) is 0 Å². The van der Waals surface area contributed by atoms with Crippen molar-refractivity contribution in [1.29, 1.82) is 5.26 Å². The van der Waals surface area contributed by atoms with Gasteiger partial charge < -0.3 is 0 Å². The monoisotopic (exact) mass is 147 g/mol. The van der Waals surface area contributed by atoms with E-state index in [2.05, 4.69) is 19.2 Å². The fourth-order valence-electron chi connectivity index (χ4n) is 0.669. The third kappa shape index (κ3) is 2.86. The fraction of sp³-hybridized carbons (Fsp3) is 0.300. The lowest BCUT2D eigenvalue weighted by Gasteiger charge is -2.10. The fourth-order valence-corrected chi connectivity index (χ4v) is 0.669. The molecule has 0 amide bonds. The summed E-state index contributed by atoms with van der Waals surface area (Å²) in [6.45, 7) is 10.9. The number of hydrogen-bond acceptors (Lipinski definition) is 1. The van der Waals surface area contributed by atoms with Crippen LogP contribution in [0.1, 0.15) is 13.8 Å². The molecule has 1 nitrogen and oxygen atoms in total. The number of hydrogen-bond donors (Lipinski definition) is 0. The Labute approximate surface area is 68.3 Å². The predicted molar refractivity (Wildman–Crippen MR) is 47.9 cm³/mol. The highest BCUT2D eigenvalue weighted by Crippen LogP contribution is 2.20. The van der Waals surface area contributed by atoms with Gasteiger partial charge in [0, 0.05) is 0 Å². The molecule has 0 aliphatic carbocycles. The highest BCUT2D eigenvalue weighted by Gasteiger charge is 2.14. The van der Waals surface area contributed by atoms with E-state index < -0.39 is 5.41 Å². The second kappa shape index (κ2) is 3.78. The van der Waals surface area contributed by atoms with Gasteiger partial charge >= 0.3 is 0 Å². The van der Waals surface area contributed by atoms with Gasteiger partial charge in [-0.05, 0) is 13.8 Å². The molecule has 0 saturated heterocycles. The maximum atomic E-state index is 8.73. The van der Waals surface area contributed by atoms with E-state index in [0.717, 1.165) is 5.57 Å². The standard InChI is InChI=1S/C10H13N/c1-5-9(3)7-10(4,6-2)8-11/h5-7H,1-2H2,3-4H3/b9-7-. The van der Waals surface area contributed by atoms with Crippen molar-refractivity contribution in [2.75, 3.05) is 0 Å². The van der Waals surface area contributed by atoms with Crippen LogP contribution in [-0.2, 0) is 0 Å². The molecule has 0 radical (unpaired) electrons. The van der Waals surface area contributed by atoms with Crippen molar-refractivity contribution in [3.05, 3.63) is 37.0 Å². The number of rotatable bonds is 3. The van der Waals surface area contributed by atoms with Crippen molar-refractivity contribution >= 4 is 0 Å². The Bertz CT molecular complexity index is 230. The van der Waals surface area contributed by atoms with E-state index in [0.29, 0.717) is 0 Å². The van der Waals surface area contributed by atoms with Gasteiger partial charge in [-0.15, -0.1) is 6.58 Å². The number of nitriles is 1. The molecule has 0 aromatic carbocycles. The first kappa shape index (κ1) is 9.71. The Morgan fingerprint density at radius 1 is 1.55 bits per heavy atom. The van der Waals surface area contributed by atoms with Crippen molar-refractivity contribution in [3.8, 4) is 6.07 Å². The predicted octanol–water partition coefficient (Wildman–Crippen LogP) is 2.83. The molecular weight excluding hydrogens is 134 g/mol. The van der Waals surface area contributed by atoms with Crippen molar-refractivity contribution in [1.82, 2.24) is 0 Å². The SMILES string of the molecule is C=C/C(C)=C\C(C)(C#N)C=C. The normalized spacial score (nSPS) is 16.3. The first-order valence-electron chi connectivity index (χ1n) is 3.44. The molecule has 1 unspecified atom stereocenters. The van der Waals surface area contributed by atoms with Gasteiger partial charge in [-0.2, -0.15) is 5.26 Å². The lowest BCUT2D eigenvalue weighted by molar-refractivity contribution is 0.732. The van der Waals surface area contributed by atoms with Crippen LogP contribution < -0.4 is 0 Å². The topological polar surface area (TPSA) is 23.8 Å². The second-order valence-electron chi connectivity index (χ2n) is 2.69. The molecule has 0 heterocycles. The van der Waals surface area contributed by atoms with Gasteiger partial charge in [0.1, 0.15) is 0 Å². The van der Waals surface area contributed by atoms with Crippen LogP contribution in [0.15, 0.2) is 37.0 Å². The zero-order chi connectivity index (χ0) is 8.91. The van der Waals surface area contributed by atoms with E-state index in [1.54, 1.807) is 12.2 Å². The van der Waals surface area contributed by atoms with E-state index in [1.165, 1.54) is 0 Å². The molecule has 0 N–H and O–H groups in total. The first-order chi connectivity index (χ1) is 5.08. The van der Waals surface area contributed by atoms with Gasteiger partial charge in [0.05, 0.1) is 11.5 Å². The van der Waals surface area contributed by atoms with Gasteiger partial charge in [-0.1, -0.05) is 30.4 Å². The molecule has 11 heavy (non-hydrogen) atoms. The summed E-state index contributed by atoms with van der Waals surface area (Å²) in [5, 5.41) is 8.73. The second-order valence-corrected chi connectivity index (χ2v) is 2.69. The molecule has 0 spiro atoms. The van der Waals surface area contributed by atoms with Crippen molar-refractivity contribution in [2.24, 2.45) is 5.41 Å². The van der Waals surface area contributed by atoms with Gasteiger partial charge in [-0.25, -0.2) is 0 Å². The summed E-state index contributed by atoms with van der Waals surface area (Å²) >= 11 is 0. The summed E-state index contributed by atoms with van der Waals surface area (Å²) in [7, 11) is 0. The number of nitrogens with zero attached hydrogens (tertiary/aromatic N) is 1. The molecular formula is C10H13N. The van der Waals surface area contributed by atoms with E-state index in [4.69, 9.17) is 5.26 Å². The molecule has 0 fully saturated rings. The van der Waals surface area contributed by atoms with Gasteiger partial charge in [0.25, 0.3) is 0 Å². The Hall–Kier alpha value is -1.29.